The average molecular weight is 403 g/mol. The standard InChI is InChI=1S/C20H21N9O/c30-19-5-4-18(28-9-1-6-23-28)25-29(19)15-12-26-10-13-27(14-11-26)17-3-2-16-20(24-17)22-8-7-21-16/h1-9H,10-15H2. The molecule has 4 aromatic rings. The van der Waals surface area contributed by atoms with Gasteiger partial charge in [0.25, 0.3) is 5.56 Å². The Bertz CT molecular complexity index is 1200. The van der Waals surface area contributed by atoms with Crippen molar-refractivity contribution < 1.29 is 0 Å². The van der Waals surface area contributed by atoms with Gasteiger partial charge in [0, 0.05) is 63.6 Å². The Hall–Kier alpha value is -3.66. The number of rotatable bonds is 5. The number of nitrogens with zero attached hydrogens (tertiary/aromatic N) is 9. The first kappa shape index (κ1) is 18.4. The van der Waals surface area contributed by atoms with Crippen LogP contribution in [-0.2, 0) is 6.54 Å². The molecule has 10 nitrogen and oxygen atoms in total. The molecule has 0 bridgehead atoms. The zero-order chi connectivity index (χ0) is 20.3. The normalized spacial score (nSPS) is 15.0. The molecule has 0 aliphatic carbocycles. The summed E-state index contributed by atoms with van der Waals surface area (Å²) < 4.78 is 3.16. The molecule has 0 saturated carbocycles. The molecule has 0 radical (unpaired) electrons. The molecule has 1 fully saturated rings. The molecule has 0 spiro atoms. The van der Waals surface area contributed by atoms with Crippen LogP contribution in [0.1, 0.15) is 0 Å². The number of hydrogen-bond acceptors (Lipinski definition) is 8. The van der Waals surface area contributed by atoms with Crippen LogP contribution in [-0.4, -0.2) is 72.1 Å². The molecule has 0 aromatic carbocycles. The first-order valence-electron chi connectivity index (χ1n) is 9.89. The number of aromatic nitrogens is 7. The van der Waals surface area contributed by atoms with E-state index in [1.165, 1.54) is 10.7 Å². The van der Waals surface area contributed by atoms with E-state index < -0.39 is 0 Å². The maximum atomic E-state index is 12.2. The van der Waals surface area contributed by atoms with Crippen molar-refractivity contribution in [1.82, 2.24) is 39.4 Å². The molecule has 0 unspecified atom stereocenters. The zero-order valence-electron chi connectivity index (χ0n) is 16.4. The van der Waals surface area contributed by atoms with Crippen molar-refractivity contribution in [3.63, 3.8) is 0 Å². The third-order valence-electron chi connectivity index (χ3n) is 5.23. The van der Waals surface area contributed by atoms with Crippen molar-refractivity contribution in [2.24, 2.45) is 0 Å². The second kappa shape index (κ2) is 7.99. The van der Waals surface area contributed by atoms with Crippen LogP contribution in [0.4, 0.5) is 5.82 Å². The lowest BCUT2D eigenvalue weighted by Gasteiger charge is -2.35. The van der Waals surface area contributed by atoms with E-state index >= 15 is 0 Å². The number of piperazine rings is 1. The predicted octanol–water partition coefficient (Wildman–Crippen LogP) is 0.589. The summed E-state index contributed by atoms with van der Waals surface area (Å²) in [5.74, 6) is 1.56. The molecule has 1 aliphatic heterocycles. The number of fused-ring (bicyclic) bond motifs is 1. The van der Waals surface area contributed by atoms with Crippen molar-refractivity contribution >= 4 is 17.0 Å². The maximum absolute atomic E-state index is 12.2. The summed E-state index contributed by atoms with van der Waals surface area (Å²) in [6.45, 7) is 4.84. The second-order valence-corrected chi connectivity index (χ2v) is 7.10. The van der Waals surface area contributed by atoms with Crippen LogP contribution in [0.15, 0.2) is 59.9 Å². The van der Waals surface area contributed by atoms with Crippen LogP contribution in [0.5, 0.6) is 0 Å². The largest absolute Gasteiger partial charge is 0.354 e. The lowest BCUT2D eigenvalue weighted by molar-refractivity contribution is 0.242. The van der Waals surface area contributed by atoms with Gasteiger partial charge in [0.05, 0.1) is 6.54 Å². The van der Waals surface area contributed by atoms with Crippen LogP contribution < -0.4 is 10.5 Å². The van der Waals surface area contributed by atoms with E-state index in [0.29, 0.717) is 18.0 Å². The minimum atomic E-state index is -0.106. The average Bonchev–Trinajstić information content (AvgIpc) is 3.34. The monoisotopic (exact) mass is 403 g/mol. The highest BCUT2D eigenvalue weighted by atomic mass is 16.1. The quantitative estimate of drug-likeness (QED) is 0.478. The third kappa shape index (κ3) is 3.77. The van der Waals surface area contributed by atoms with Gasteiger partial charge >= 0.3 is 0 Å². The highest BCUT2D eigenvalue weighted by molar-refractivity contribution is 5.71. The summed E-state index contributed by atoms with van der Waals surface area (Å²) in [5.41, 5.74) is 1.36. The molecule has 1 aliphatic rings. The van der Waals surface area contributed by atoms with Gasteiger partial charge in [0.15, 0.2) is 11.5 Å². The molecule has 152 valence electrons. The SMILES string of the molecule is O=c1ccc(-n2cccn2)nn1CCN1CCN(c2ccc3nccnc3n2)CC1. The molecular weight excluding hydrogens is 382 g/mol. The van der Waals surface area contributed by atoms with E-state index in [2.05, 4.69) is 34.9 Å². The Kier molecular flexibility index (Phi) is 4.89. The Morgan fingerprint density at radius 2 is 1.70 bits per heavy atom. The highest BCUT2D eigenvalue weighted by Crippen LogP contribution is 2.16. The van der Waals surface area contributed by atoms with Crippen LogP contribution in [0, 0.1) is 0 Å². The highest BCUT2D eigenvalue weighted by Gasteiger charge is 2.18. The van der Waals surface area contributed by atoms with E-state index in [4.69, 9.17) is 0 Å². The summed E-state index contributed by atoms with van der Waals surface area (Å²) >= 11 is 0. The van der Waals surface area contributed by atoms with E-state index in [-0.39, 0.29) is 5.56 Å². The Morgan fingerprint density at radius 1 is 0.867 bits per heavy atom. The van der Waals surface area contributed by atoms with Crippen molar-refractivity contribution in [3.05, 3.63) is 65.5 Å². The Balaban J connectivity index is 1.20. The van der Waals surface area contributed by atoms with Gasteiger partial charge in [-0.25, -0.2) is 19.3 Å². The zero-order valence-corrected chi connectivity index (χ0v) is 16.4. The number of hydrogen-bond donors (Lipinski definition) is 0. The maximum Gasteiger partial charge on any atom is 0.266 e. The molecule has 1 saturated heterocycles. The van der Waals surface area contributed by atoms with Crippen LogP contribution >= 0.6 is 0 Å². The van der Waals surface area contributed by atoms with Crippen molar-refractivity contribution in [1.29, 1.82) is 0 Å². The molecule has 4 aromatic heterocycles. The van der Waals surface area contributed by atoms with Gasteiger partial charge < -0.3 is 4.90 Å². The van der Waals surface area contributed by atoms with Crippen molar-refractivity contribution in [3.8, 4) is 5.82 Å². The van der Waals surface area contributed by atoms with E-state index in [1.807, 2.05) is 24.4 Å². The van der Waals surface area contributed by atoms with Gasteiger partial charge in [-0.2, -0.15) is 5.10 Å². The molecule has 0 amide bonds. The summed E-state index contributed by atoms with van der Waals surface area (Å²) in [7, 11) is 0. The fourth-order valence-corrected chi connectivity index (χ4v) is 3.58. The number of anilines is 1. The van der Waals surface area contributed by atoms with Gasteiger partial charge in [0.2, 0.25) is 0 Å². The van der Waals surface area contributed by atoms with Crippen molar-refractivity contribution in [2.45, 2.75) is 6.54 Å². The van der Waals surface area contributed by atoms with Gasteiger partial charge in [0.1, 0.15) is 11.3 Å². The molecule has 30 heavy (non-hydrogen) atoms. The predicted molar refractivity (Wildman–Crippen MR) is 112 cm³/mol. The van der Waals surface area contributed by atoms with Crippen LogP contribution in [0.2, 0.25) is 0 Å². The number of pyridine rings is 1. The summed E-state index contributed by atoms with van der Waals surface area (Å²) in [4.78, 5) is 30.0. The summed E-state index contributed by atoms with van der Waals surface area (Å²) in [6.07, 6.45) is 6.83. The first-order chi connectivity index (χ1) is 14.8. The van der Waals surface area contributed by atoms with Gasteiger partial charge in [-0.1, -0.05) is 0 Å². The van der Waals surface area contributed by atoms with Crippen molar-refractivity contribution in [2.75, 3.05) is 37.6 Å². The third-order valence-corrected chi connectivity index (χ3v) is 5.23. The second-order valence-electron chi connectivity index (χ2n) is 7.10. The van der Waals surface area contributed by atoms with Crippen LogP contribution in [0.25, 0.3) is 17.0 Å². The minimum Gasteiger partial charge on any atom is -0.354 e. The fourth-order valence-electron chi connectivity index (χ4n) is 3.58. The van der Waals surface area contributed by atoms with Gasteiger partial charge in [-0.05, 0) is 24.3 Å². The lowest BCUT2D eigenvalue weighted by Crippen LogP contribution is -2.48. The molecule has 5 heterocycles. The lowest BCUT2D eigenvalue weighted by atomic mass is 10.3. The Labute approximate surface area is 172 Å². The first-order valence-corrected chi connectivity index (χ1v) is 9.89. The molecule has 10 heteroatoms. The molecular formula is C20H21N9O. The van der Waals surface area contributed by atoms with Crippen LogP contribution in [0.3, 0.4) is 0 Å². The molecule has 0 atom stereocenters. The fraction of sp³-hybridized carbons (Fsp3) is 0.300. The van der Waals surface area contributed by atoms with E-state index in [1.54, 1.807) is 29.3 Å². The topological polar surface area (TPSA) is 97.9 Å². The summed E-state index contributed by atoms with van der Waals surface area (Å²) in [5, 5.41) is 8.61. The Morgan fingerprint density at radius 3 is 2.53 bits per heavy atom. The minimum absolute atomic E-state index is 0.106. The smallest absolute Gasteiger partial charge is 0.266 e. The molecule has 5 rings (SSSR count). The van der Waals surface area contributed by atoms with E-state index in [0.717, 1.165) is 44.1 Å². The van der Waals surface area contributed by atoms with Gasteiger partial charge in [-0.15, -0.1) is 5.10 Å². The van der Waals surface area contributed by atoms with E-state index in [9.17, 15) is 4.79 Å². The molecule has 0 N–H and O–H groups in total. The summed E-state index contributed by atoms with van der Waals surface area (Å²) in [6, 6.07) is 9.01. The van der Waals surface area contributed by atoms with Gasteiger partial charge in [-0.3, -0.25) is 14.7 Å².